The minimum Gasteiger partial charge on any atom is -0.368 e. The number of likely N-dealkylation sites (tertiary alicyclic amines) is 1. The molecule has 2 N–H and O–H groups in total. The van der Waals surface area contributed by atoms with Crippen LogP contribution in [0.2, 0.25) is 5.02 Å². The van der Waals surface area contributed by atoms with E-state index in [-0.39, 0.29) is 5.91 Å². The van der Waals surface area contributed by atoms with Crippen LogP contribution in [0.3, 0.4) is 0 Å². The number of halogens is 1. The van der Waals surface area contributed by atoms with Gasteiger partial charge in [0.2, 0.25) is 5.91 Å². The van der Waals surface area contributed by atoms with Gasteiger partial charge in [0, 0.05) is 12.7 Å². The Balaban J connectivity index is 1.96. The first-order valence-electron chi connectivity index (χ1n) is 6.22. The van der Waals surface area contributed by atoms with Gasteiger partial charge in [-0.05, 0) is 25.0 Å². The van der Waals surface area contributed by atoms with Crippen molar-refractivity contribution in [3.8, 4) is 0 Å². The molecular weight excluding hydrogens is 298 g/mol. The lowest BCUT2D eigenvalue weighted by Gasteiger charge is -2.21. The minimum atomic E-state index is -0.504. The van der Waals surface area contributed by atoms with Crippen LogP contribution in [-0.4, -0.2) is 34.3 Å². The van der Waals surface area contributed by atoms with Gasteiger partial charge in [0.25, 0.3) is 5.91 Å². The van der Waals surface area contributed by atoms with Crippen LogP contribution in [0.5, 0.6) is 0 Å². The summed E-state index contributed by atoms with van der Waals surface area (Å²) in [6, 6.07) is 2.90. The average molecular weight is 310 g/mol. The zero-order valence-corrected chi connectivity index (χ0v) is 12.1. The molecule has 1 atom stereocenters. The Kier molecular flexibility index (Phi) is 3.35. The van der Waals surface area contributed by atoms with Crippen LogP contribution in [0.4, 0.5) is 0 Å². The predicted octanol–water partition coefficient (Wildman–Crippen LogP) is 2.04. The maximum atomic E-state index is 12.5. The van der Waals surface area contributed by atoms with Crippen LogP contribution in [0, 0.1) is 0 Å². The second kappa shape index (κ2) is 5.03. The molecule has 1 aliphatic heterocycles. The van der Waals surface area contributed by atoms with E-state index in [1.807, 2.05) is 0 Å². The van der Waals surface area contributed by atoms with E-state index in [2.05, 4.69) is 4.98 Å². The van der Waals surface area contributed by atoms with E-state index in [0.717, 1.165) is 11.1 Å². The molecule has 7 heteroatoms. The maximum absolute atomic E-state index is 12.5. The van der Waals surface area contributed by atoms with Gasteiger partial charge in [-0.15, -0.1) is 11.3 Å². The number of nitrogens with zero attached hydrogens (tertiary/aromatic N) is 2. The number of primary amides is 1. The number of pyridine rings is 1. The number of carbonyl (C=O) groups excluding carboxylic acids is 2. The summed E-state index contributed by atoms with van der Waals surface area (Å²) in [6.45, 7) is 0.557. The molecule has 0 aromatic carbocycles. The average Bonchev–Trinajstić information content (AvgIpc) is 3.05. The fourth-order valence-electron chi connectivity index (χ4n) is 2.46. The molecule has 5 nitrogen and oxygen atoms in total. The summed E-state index contributed by atoms with van der Waals surface area (Å²) < 4.78 is 0.785. The second-order valence-corrected chi connectivity index (χ2v) is 6.14. The molecule has 1 unspecified atom stereocenters. The van der Waals surface area contributed by atoms with Crippen molar-refractivity contribution in [2.75, 3.05) is 6.54 Å². The van der Waals surface area contributed by atoms with Gasteiger partial charge in [0.1, 0.15) is 6.04 Å². The van der Waals surface area contributed by atoms with E-state index in [4.69, 9.17) is 17.3 Å². The smallest absolute Gasteiger partial charge is 0.264 e. The topological polar surface area (TPSA) is 76.3 Å². The molecule has 3 heterocycles. The van der Waals surface area contributed by atoms with E-state index in [0.29, 0.717) is 28.4 Å². The molecule has 2 aromatic heterocycles. The Hall–Kier alpha value is -1.66. The molecule has 0 radical (unpaired) electrons. The largest absolute Gasteiger partial charge is 0.368 e. The number of rotatable bonds is 2. The highest BCUT2D eigenvalue weighted by atomic mass is 35.5. The number of thiophene rings is 1. The fourth-order valence-corrected chi connectivity index (χ4v) is 3.71. The molecule has 1 fully saturated rings. The first-order chi connectivity index (χ1) is 9.58. The highest BCUT2D eigenvalue weighted by Crippen LogP contribution is 2.32. The third-order valence-corrected chi connectivity index (χ3v) is 4.99. The number of nitrogens with two attached hydrogens (primary N) is 1. The Morgan fingerprint density at radius 3 is 3.00 bits per heavy atom. The molecule has 0 spiro atoms. The molecular formula is C13H12ClN3O2S. The number of hydrogen-bond acceptors (Lipinski definition) is 4. The summed E-state index contributed by atoms with van der Waals surface area (Å²) in [6.07, 6.45) is 3.03. The quantitative estimate of drug-likeness (QED) is 0.922. The molecule has 0 saturated carbocycles. The SMILES string of the molecule is NC(=O)C1CCCN1C(=O)c1cc2nccc(Cl)c2s1. The fraction of sp³-hybridized carbons (Fsp3) is 0.308. The van der Waals surface area contributed by atoms with Crippen LogP contribution >= 0.6 is 22.9 Å². The van der Waals surface area contributed by atoms with Gasteiger partial charge in [-0.1, -0.05) is 11.6 Å². The summed E-state index contributed by atoms with van der Waals surface area (Å²) >= 11 is 7.38. The molecule has 0 aliphatic carbocycles. The van der Waals surface area contributed by atoms with Crippen molar-refractivity contribution in [2.24, 2.45) is 5.73 Å². The summed E-state index contributed by atoms with van der Waals surface area (Å²) in [5.41, 5.74) is 6.04. The standard InChI is InChI=1S/C13H12ClN3O2S/c14-7-3-4-16-8-6-10(20-11(7)8)13(19)17-5-1-2-9(17)12(15)18/h3-4,6,9H,1-2,5H2,(H2,15,18). The minimum absolute atomic E-state index is 0.176. The molecule has 3 rings (SSSR count). The number of aromatic nitrogens is 1. The van der Waals surface area contributed by atoms with Crippen molar-refractivity contribution < 1.29 is 9.59 Å². The van der Waals surface area contributed by atoms with Crippen molar-refractivity contribution in [3.05, 3.63) is 28.2 Å². The zero-order chi connectivity index (χ0) is 14.3. The van der Waals surface area contributed by atoms with Gasteiger partial charge < -0.3 is 10.6 Å². The van der Waals surface area contributed by atoms with E-state index < -0.39 is 11.9 Å². The van der Waals surface area contributed by atoms with Crippen LogP contribution in [0.1, 0.15) is 22.5 Å². The second-order valence-electron chi connectivity index (χ2n) is 4.68. The number of hydrogen-bond donors (Lipinski definition) is 1. The van der Waals surface area contributed by atoms with Gasteiger partial charge >= 0.3 is 0 Å². The Morgan fingerprint density at radius 2 is 2.30 bits per heavy atom. The molecule has 1 saturated heterocycles. The summed E-state index contributed by atoms with van der Waals surface area (Å²) in [5.74, 6) is -0.626. The first-order valence-corrected chi connectivity index (χ1v) is 7.41. The van der Waals surface area contributed by atoms with Crippen LogP contribution in [0.25, 0.3) is 10.2 Å². The number of amides is 2. The van der Waals surface area contributed by atoms with Crippen molar-refractivity contribution in [2.45, 2.75) is 18.9 Å². The van der Waals surface area contributed by atoms with Crippen molar-refractivity contribution in [3.63, 3.8) is 0 Å². The Morgan fingerprint density at radius 1 is 1.50 bits per heavy atom. The van der Waals surface area contributed by atoms with Gasteiger partial charge in [-0.2, -0.15) is 0 Å². The molecule has 20 heavy (non-hydrogen) atoms. The molecule has 104 valence electrons. The highest BCUT2D eigenvalue weighted by Gasteiger charge is 2.33. The maximum Gasteiger partial charge on any atom is 0.264 e. The highest BCUT2D eigenvalue weighted by molar-refractivity contribution is 7.21. The number of fused-ring (bicyclic) bond motifs is 1. The van der Waals surface area contributed by atoms with E-state index in [1.165, 1.54) is 11.3 Å². The van der Waals surface area contributed by atoms with Gasteiger partial charge in [-0.3, -0.25) is 14.6 Å². The van der Waals surface area contributed by atoms with Crippen molar-refractivity contribution in [1.82, 2.24) is 9.88 Å². The molecule has 2 aromatic rings. The van der Waals surface area contributed by atoms with Crippen LogP contribution < -0.4 is 5.73 Å². The van der Waals surface area contributed by atoms with Crippen LogP contribution in [0.15, 0.2) is 18.3 Å². The lowest BCUT2D eigenvalue weighted by atomic mass is 10.2. The van der Waals surface area contributed by atoms with Crippen molar-refractivity contribution >= 4 is 45.0 Å². The molecule has 1 aliphatic rings. The molecule has 2 amide bonds. The third-order valence-electron chi connectivity index (χ3n) is 3.42. The lowest BCUT2D eigenvalue weighted by Crippen LogP contribution is -2.43. The van der Waals surface area contributed by atoms with Gasteiger partial charge in [-0.25, -0.2) is 0 Å². The van der Waals surface area contributed by atoms with E-state index in [9.17, 15) is 9.59 Å². The van der Waals surface area contributed by atoms with E-state index >= 15 is 0 Å². The predicted molar refractivity (Wildman–Crippen MR) is 77.9 cm³/mol. The summed E-state index contributed by atoms with van der Waals surface area (Å²) in [4.78, 5) is 30.1. The lowest BCUT2D eigenvalue weighted by molar-refractivity contribution is -0.121. The van der Waals surface area contributed by atoms with Crippen LogP contribution in [-0.2, 0) is 4.79 Å². The number of carbonyl (C=O) groups is 2. The molecule has 0 bridgehead atoms. The first kappa shape index (κ1) is 13.3. The Labute approximate surface area is 124 Å². The zero-order valence-electron chi connectivity index (χ0n) is 10.5. The summed E-state index contributed by atoms with van der Waals surface area (Å²) in [7, 11) is 0. The normalized spacial score (nSPS) is 18.6. The Bertz CT molecular complexity index is 700. The summed E-state index contributed by atoms with van der Waals surface area (Å²) in [5, 5.41) is 0.576. The van der Waals surface area contributed by atoms with Crippen molar-refractivity contribution in [1.29, 1.82) is 0 Å². The van der Waals surface area contributed by atoms with Gasteiger partial charge in [0.05, 0.1) is 20.1 Å². The monoisotopic (exact) mass is 309 g/mol. The third kappa shape index (κ3) is 2.14. The van der Waals surface area contributed by atoms with E-state index in [1.54, 1.807) is 23.2 Å². The van der Waals surface area contributed by atoms with Gasteiger partial charge in [0.15, 0.2) is 0 Å².